The summed E-state index contributed by atoms with van der Waals surface area (Å²) in [7, 11) is 0. The van der Waals surface area contributed by atoms with Gasteiger partial charge in [-0.15, -0.1) is 0 Å². The molecule has 0 unspecified atom stereocenters. The van der Waals surface area contributed by atoms with E-state index in [2.05, 4.69) is 15.3 Å². The Morgan fingerprint density at radius 1 is 1.23 bits per heavy atom. The maximum atomic E-state index is 6.27. The second kappa shape index (κ2) is 5.97. The summed E-state index contributed by atoms with van der Waals surface area (Å²) >= 11 is 6.27. The molecule has 1 aliphatic heterocycles. The fraction of sp³-hybridized carbons (Fsp3) is 0.294. The van der Waals surface area contributed by atoms with Gasteiger partial charge in [0.05, 0.1) is 16.1 Å². The van der Waals surface area contributed by atoms with Crippen LogP contribution in [0.1, 0.15) is 19.4 Å². The van der Waals surface area contributed by atoms with Gasteiger partial charge in [-0.05, 0) is 38.5 Å². The van der Waals surface area contributed by atoms with Crippen LogP contribution in [0.15, 0.2) is 33.7 Å². The Morgan fingerprint density at radius 2 is 2.05 bits per heavy atom. The Hall–Kier alpha value is -2.07. The molecule has 0 spiro atoms. The molecule has 0 saturated carbocycles. The largest absolute Gasteiger partial charge is 0.453 e. The molecule has 0 aromatic heterocycles. The van der Waals surface area contributed by atoms with E-state index in [1.807, 2.05) is 45.0 Å². The fourth-order valence-corrected chi connectivity index (χ4v) is 2.68. The summed E-state index contributed by atoms with van der Waals surface area (Å²) in [5.74, 6) is 0.732. The van der Waals surface area contributed by atoms with Crippen LogP contribution in [0, 0.1) is 6.92 Å². The number of hydrogen-bond donors (Lipinski definition) is 1. The molecule has 4 nitrogen and oxygen atoms in total. The van der Waals surface area contributed by atoms with Gasteiger partial charge in [0, 0.05) is 25.2 Å². The summed E-state index contributed by atoms with van der Waals surface area (Å²) in [6, 6.07) is 7.67. The first-order chi connectivity index (χ1) is 10.6. The van der Waals surface area contributed by atoms with Gasteiger partial charge < -0.3 is 9.73 Å². The predicted octanol–water partition coefficient (Wildman–Crippen LogP) is 4.25. The Morgan fingerprint density at radius 3 is 2.77 bits per heavy atom. The molecule has 0 radical (unpaired) electrons. The van der Waals surface area contributed by atoms with Crippen molar-refractivity contribution in [3.05, 3.63) is 40.2 Å². The van der Waals surface area contributed by atoms with E-state index in [1.165, 1.54) is 0 Å². The average Bonchev–Trinajstić information content (AvgIpc) is 2.48. The van der Waals surface area contributed by atoms with Gasteiger partial charge in [0.2, 0.25) is 0 Å². The summed E-state index contributed by atoms with van der Waals surface area (Å²) in [5, 5.41) is 4.81. The summed E-state index contributed by atoms with van der Waals surface area (Å²) < 4.78 is 6.01. The van der Waals surface area contributed by atoms with Gasteiger partial charge in [0.25, 0.3) is 0 Å². The van der Waals surface area contributed by atoms with Gasteiger partial charge in [0.1, 0.15) is 11.2 Å². The van der Waals surface area contributed by atoms with Crippen molar-refractivity contribution in [2.24, 2.45) is 4.99 Å². The first kappa shape index (κ1) is 14.9. The van der Waals surface area contributed by atoms with Gasteiger partial charge in [-0.1, -0.05) is 11.6 Å². The van der Waals surface area contributed by atoms with E-state index in [9.17, 15) is 0 Å². The van der Waals surface area contributed by atoms with Crippen LogP contribution in [0.3, 0.4) is 0 Å². The number of hydrogen-bond acceptors (Lipinski definition) is 4. The number of aromatic nitrogens is 1. The van der Waals surface area contributed by atoms with E-state index < -0.39 is 0 Å². The van der Waals surface area contributed by atoms with Gasteiger partial charge in [0.15, 0.2) is 11.3 Å². The smallest absolute Gasteiger partial charge is 0.155 e. The molecule has 0 saturated heterocycles. The van der Waals surface area contributed by atoms with Crippen LogP contribution in [-0.4, -0.2) is 18.1 Å². The molecule has 0 amide bonds. The lowest BCUT2D eigenvalue weighted by Gasteiger charge is -2.11. The van der Waals surface area contributed by atoms with Crippen LogP contribution in [0.5, 0.6) is 0 Å². The predicted molar refractivity (Wildman–Crippen MR) is 90.6 cm³/mol. The number of rotatable bonds is 3. The molecule has 2 aliphatic rings. The van der Waals surface area contributed by atoms with Crippen molar-refractivity contribution in [1.82, 2.24) is 4.98 Å². The second-order valence-corrected chi connectivity index (χ2v) is 5.53. The number of halogens is 1. The molecule has 0 atom stereocenters. The van der Waals surface area contributed by atoms with Crippen molar-refractivity contribution < 1.29 is 4.42 Å². The minimum Gasteiger partial charge on any atom is -0.453 e. The minimum absolute atomic E-state index is 0.644. The SMILES string of the molecule is CC/N=c1/cc2oc3cc(NCC)c(Cl)cc3nc-2cc1C. The van der Waals surface area contributed by atoms with Crippen LogP contribution in [0.2, 0.25) is 5.02 Å². The molecule has 3 rings (SSSR count). The summed E-state index contributed by atoms with van der Waals surface area (Å²) in [4.78, 5) is 9.13. The topological polar surface area (TPSA) is 50.4 Å². The summed E-state index contributed by atoms with van der Waals surface area (Å²) in [6.07, 6.45) is 0. The Balaban J connectivity index is 2.28. The lowest BCUT2D eigenvalue weighted by atomic mass is 10.1. The fourth-order valence-electron chi connectivity index (χ4n) is 2.46. The normalized spacial score (nSPS) is 12.3. The Kier molecular flexibility index (Phi) is 4.03. The second-order valence-electron chi connectivity index (χ2n) is 5.12. The molecule has 22 heavy (non-hydrogen) atoms. The highest BCUT2D eigenvalue weighted by Gasteiger charge is 2.12. The molecule has 5 heteroatoms. The van der Waals surface area contributed by atoms with E-state index in [0.717, 1.165) is 46.7 Å². The third kappa shape index (κ3) is 2.66. The molecule has 1 N–H and O–H groups in total. The molecule has 0 fully saturated rings. The monoisotopic (exact) mass is 315 g/mol. The molecule has 0 bridgehead atoms. The van der Waals surface area contributed by atoms with E-state index >= 15 is 0 Å². The van der Waals surface area contributed by atoms with Crippen molar-refractivity contribution in [2.45, 2.75) is 20.8 Å². The molecular formula is C17H18ClN3O. The Labute approximate surface area is 134 Å². The van der Waals surface area contributed by atoms with Crippen LogP contribution in [0.4, 0.5) is 5.69 Å². The highest BCUT2D eigenvalue weighted by atomic mass is 35.5. The number of aryl methyl sites for hydroxylation is 1. The van der Waals surface area contributed by atoms with Crippen molar-refractivity contribution in [1.29, 1.82) is 0 Å². The third-order valence-electron chi connectivity index (χ3n) is 3.48. The van der Waals surface area contributed by atoms with Crippen molar-refractivity contribution in [3.8, 4) is 11.5 Å². The number of nitrogens with one attached hydrogen (secondary N) is 1. The van der Waals surface area contributed by atoms with Crippen molar-refractivity contribution >= 4 is 28.4 Å². The first-order valence-corrected chi connectivity index (χ1v) is 7.79. The molecule has 1 heterocycles. The van der Waals surface area contributed by atoms with Gasteiger partial charge in [-0.2, -0.15) is 0 Å². The van der Waals surface area contributed by atoms with Gasteiger partial charge in [-0.25, -0.2) is 4.98 Å². The number of benzene rings is 2. The lowest BCUT2D eigenvalue weighted by molar-refractivity contribution is 0.612. The molecule has 1 aromatic carbocycles. The highest BCUT2D eigenvalue weighted by Crippen LogP contribution is 2.31. The maximum Gasteiger partial charge on any atom is 0.155 e. The van der Waals surface area contributed by atoms with Crippen LogP contribution < -0.4 is 10.7 Å². The maximum absolute atomic E-state index is 6.27. The minimum atomic E-state index is 0.644. The standard InChI is InChI=1S/C17H18ClN3O/c1-4-19-12-8-16-14(6-10(12)3)21-15-7-11(18)13(20-5-2)9-17(15)22-16/h6-9,20H,4-5H2,1-3H3/b19-12-. The van der Waals surface area contributed by atoms with E-state index in [4.69, 9.17) is 16.0 Å². The third-order valence-corrected chi connectivity index (χ3v) is 3.80. The van der Waals surface area contributed by atoms with Crippen molar-refractivity contribution in [3.63, 3.8) is 0 Å². The zero-order chi connectivity index (χ0) is 15.7. The average molecular weight is 316 g/mol. The zero-order valence-corrected chi connectivity index (χ0v) is 13.7. The molecule has 114 valence electrons. The van der Waals surface area contributed by atoms with Gasteiger partial charge in [-0.3, -0.25) is 4.99 Å². The summed E-state index contributed by atoms with van der Waals surface area (Å²) in [5.41, 5.74) is 4.21. The van der Waals surface area contributed by atoms with E-state index in [1.54, 1.807) is 0 Å². The van der Waals surface area contributed by atoms with E-state index in [-0.39, 0.29) is 0 Å². The quantitative estimate of drug-likeness (QED) is 0.735. The molecule has 1 aromatic rings. The number of nitrogens with zero attached hydrogens (tertiary/aromatic N) is 2. The number of anilines is 1. The van der Waals surface area contributed by atoms with Crippen LogP contribution in [-0.2, 0) is 0 Å². The van der Waals surface area contributed by atoms with Crippen LogP contribution >= 0.6 is 11.6 Å². The molecule has 1 aliphatic carbocycles. The number of fused-ring (bicyclic) bond motifs is 2. The van der Waals surface area contributed by atoms with Gasteiger partial charge >= 0.3 is 0 Å². The Bertz CT molecular complexity index is 870. The highest BCUT2D eigenvalue weighted by molar-refractivity contribution is 6.34. The van der Waals surface area contributed by atoms with Crippen molar-refractivity contribution in [2.75, 3.05) is 18.4 Å². The lowest BCUT2D eigenvalue weighted by Crippen LogP contribution is -2.09. The van der Waals surface area contributed by atoms with E-state index in [0.29, 0.717) is 10.6 Å². The molecular weight excluding hydrogens is 298 g/mol. The summed E-state index contributed by atoms with van der Waals surface area (Å²) in [6.45, 7) is 7.61. The zero-order valence-electron chi connectivity index (χ0n) is 12.9. The van der Waals surface area contributed by atoms with Crippen LogP contribution in [0.25, 0.3) is 22.6 Å². The first-order valence-electron chi connectivity index (χ1n) is 7.41.